The molecule has 7 heteroatoms. The van der Waals surface area contributed by atoms with Crippen molar-refractivity contribution < 1.29 is 4.79 Å². The molecule has 1 aromatic carbocycles. The number of nitrogens with zero attached hydrogens (tertiary/aromatic N) is 2. The predicted molar refractivity (Wildman–Crippen MR) is 116 cm³/mol. The van der Waals surface area contributed by atoms with E-state index in [1.165, 1.54) is 11.1 Å². The maximum atomic E-state index is 12.3. The van der Waals surface area contributed by atoms with Crippen LogP contribution in [0.1, 0.15) is 36.8 Å². The molecule has 1 fully saturated rings. The van der Waals surface area contributed by atoms with E-state index in [1.54, 1.807) is 25.3 Å². The molecule has 0 unspecified atom stereocenters. The number of aromatic amines is 1. The van der Waals surface area contributed by atoms with Crippen molar-refractivity contribution in [2.75, 3.05) is 18.4 Å². The van der Waals surface area contributed by atoms with Crippen LogP contribution in [0.4, 0.5) is 11.5 Å². The van der Waals surface area contributed by atoms with Gasteiger partial charge in [-0.05, 0) is 66.5 Å². The third-order valence-electron chi connectivity index (χ3n) is 5.64. The summed E-state index contributed by atoms with van der Waals surface area (Å²) >= 11 is 6.14. The van der Waals surface area contributed by atoms with Gasteiger partial charge in [-0.1, -0.05) is 17.7 Å². The highest BCUT2D eigenvalue weighted by molar-refractivity contribution is 6.30. The molecular weight excluding hydrogens is 388 g/mol. The molecule has 1 saturated heterocycles. The quantitative estimate of drug-likeness (QED) is 0.629. The summed E-state index contributed by atoms with van der Waals surface area (Å²) in [4.78, 5) is 32.8. The maximum absolute atomic E-state index is 12.3. The van der Waals surface area contributed by atoms with Crippen LogP contribution >= 0.6 is 11.6 Å². The molecule has 2 N–H and O–H groups in total. The number of aromatic nitrogens is 2. The molecule has 0 saturated carbocycles. The van der Waals surface area contributed by atoms with E-state index in [-0.39, 0.29) is 11.5 Å². The van der Waals surface area contributed by atoms with Crippen LogP contribution in [0.2, 0.25) is 5.15 Å². The number of hydrogen-bond acceptors (Lipinski definition) is 4. The number of nitrogens with one attached hydrogen (secondary N) is 2. The van der Waals surface area contributed by atoms with Gasteiger partial charge >= 0.3 is 0 Å². The normalized spacial score (nSPS) is 14.9. The van der Waals surface area contributed by atoms with Crippen molar-refractivity contribution in [2.24, 2.45) is 0 Å². The van der Waals surface area contributed by atoms with Crippen LogP contribution in [-0.2, 0) is 4.79 Å². The molecule has 0 atom stereocenters. The number of H-pyrrole nitrogens is 1. The van der Waals surface area contributed by atoms with Gasteiger partial charge in [-0.3, -0.25) is 9.59 Å². The summed E-state index contributed by atoms with van der Waals surface area (Å²) in [7, 11) is 0. The zero-order valence-electron chi connectivity index (χ0n) is 16.5. The first kappa shape index (κ1) is 19.5. The van der Waals surface area contributed by atoms with E-state index in [0.717, 1.165) is 37.0 Å². The lowest BCUT2D eigenvalue weighted by Crippen LogP contribution is -2.36. The number of pyridine rings is 2. The van der Waals surface area contributed by atoms with Crippen molar-refractivity contribution in [3.8, 4) is 0 Å². The van der Waals surface area contributed by atoms with Gasteiger partial charge in [0.15, 0.2) is 0 Å². The minimum Gasteiger partial charge on any atom is -0.343 e. The number of aryl methyl sites for hydroxylation is 1. The summed E-state index contributed by atoms with van der Waals surface area (Å²) in [6, 6.07) is 9.68. The number of fused-ring (bicyclic) bond motifs is 1. The van der Waals surface area contributed by atoms with Crippen molar-refractivity contribution in [3.05, 3.63) is 63.2 Å². The van der Waals surface area contributed by atoms with Crippen LogP contribution in [0.3, 0.4) is 0 Å². The maximum Gasteiger partial charge on any atom is 0.259 e. The molecule has 3 aromatic rings. The number of anilines is 2. The standard InChI is InChI=1S/C22H23ClN4O2/c1-13-11-17(3-4-18(13)15-6-9-27(10-7-15)14(2)28)25-21-20-16(12-19(23)26-21)5-8-24-22(20)29/h3-5,8,11-12,15H,6-7,9-10H2,1-2H3,(H,24,29)(H,25,26). The number of halogens is 1. The SMILES string of the molecule is CC(=O)N1CCC(c2ccc(Nc3nc(Cl)cc4cc[nH]c(=O)c34)cc2C)CC1. The number of benzene rings is 1. The van der Waals surface area contributed by atoms with Crippen molar-refractivity contribution >= 4 is 39.8 Å². The Morgan fingerprint density at radius 2 is 2.00 bits per heavy atom. The molecule has 0 spiro atoms. The number of rotatable bonds is 3. The van der Waals surface area contributed by atoms with Crippen LogP contribution in [0.15, 0.2) is 41.3 Å². The fraction of sp³-hybridized carbons (Fsp3) is 0.318. The molecule has 0 aliphatic carbocycles. The second kappa shape index (κ2) is 7.87. The van der Waals surface area contributed by atoms with Crippen molar-refractivity contribution in [1.82, 2.24) is 14.9 Å². The molecule has 150 valence electrons. The second-order valence-electron chi connectivity index (χ2n) is 7.54. The highest BCUT2D eigenvalue weighted by Crippen LogP contribution is 2.32. The smallest absolute Gasteiger partial charge is 0.259 e. The van der Waals surface area contributed by atoms with E-state index in [0.29, 0.717) is 22.3 Å². The lowest BCUT2D eigenvalue weighted by Gasteiger charge is -2.32. The lowest BCUT2D eigenvalue weighted by molar-refractivity contribution is -0.129. The number of piperidine rings is 1. The number of hydrogen-bond donors (Lipinski definition) is 2. The van der Waals surface area contributed by atoms with Gasteiger partial charge in [0.2, 0.25) is 5.91 Å². The third-order valence-corrected chi connectivity index (χ3v) is 5.83. The predicted octanol–water partition coefficient (Wildman–Crippen LogP) is 4.35. The van der Waals surface area contributed by atoms with Gasteiger partial charge in [0.1, 0.15) is 11.0 Å². The first-order valence-corrected chi connectivity index (χ1v) is 10.1. The Kier molecular flexibility index (Phi) is 5.28. The summed E-state index contributed by atoms with van der Waals surface area (Å²) in [5.41, 5.74) is 3.13. The van der Waals surface area contributed by atoms with Crippen LogP contribution in [0.5, 0.6) is 0 Å². The van der Waals surface area contributed by atoms with Crippen molar-refractivity contribution in [2.45, 2.75) is 32.6 Å². The number of carbonyl (C=O) groups is 1. The molecule has 6 nitrogen and oxygen atoms in total. The van der Waals surface area contributed by atoms with Gasteiger partial charge in [-0.2, -0.15) is 0 Å². The summed E-state index contributed by atoms with van der Waals surface area (Å²) in [5.74, 6) is 1.04. The van der Waals surface area contributed by atoms with Gasteiger partial charge in [-0.15, -0.1) is 0 Å². The fourth-order valence-electron chi connectivity index (χ4n) is 4.13. The Morgan fingerprint density at radius 3 is 2.69 bits per heavy atom. The van der Waals surface area contributed by atoms with Gasteiger partial charge < -0.3 is 15.2 Å². The van der Waals surface area contributed by atoms with E-state index in [4.69, 9.17) is 11.6 Å². The molecule has 1 aliphatic heterocycles. The molecule has 0 radical (unpaired) electrons. The molecule has 29 heavy (non-hydrogen) atoms. The molecule has 4 rings (SSSR count). The van der Waals surface area contributed by atoms with Crippen LogP contribution < -0.4 is 10.9 Å². The zero-order valence-corrected chi connectivity index (χ0v) is 17.2. The lowest BCUT2D eigenvalue weighted by atomic mass is 9.86. The Hall–Kier alpha value is -2.86. The molecule has 1 amide bonds. The molecular formula is C22H23ClN4O2. The van der Waals surface area contributed by atoms with E-state index < -0.39 is 0 Å². The molecule has 0 bridgehead atoms. The Bertz CT molecular complexity index is 1130. The summed E-state index contributed by atoms with van der Waals surface area (Å²) in [6.45, 7) is 5.33. The number of amides is 1. The third kappa shape index (κ3) is 3.98. The second-order valence-corrected chi connectivity index (χ2v) is 7.93. The van der Waals surface area contributed by atoms with E-state index in [9.17, 15) is 9.59 Å². The Morgan fingerprint density at radius 1 is 1.24 bits per heavy atom. The number of likely N-dealkylation sites (tertiary alicyclic amines) is 1. The summed E-state index contributed by atoms with van der Waals surface area (Å²) in [5, 5.41) is 4.80. The van der Waals surface area contributed by atoms with Crippen molar-refractivity contribution in [1.29, 1.82) is 0 Å². The first-order chi connectivity index (χ1) is 13.9. The molecule has 1 aliphatic rings. The topological polar surface area (TPSA) is 78.1 Å². The average molecular weight is 411 g/mol. The minimum absolute atomic E-state index is 0.149. The highest BCUT2D eigenvalue weighted by atomic mass is 35.5. The monoisotopic (exact) mass is 410 g/mol. The first-order valence-electron chi connectivity index (χ1n) is 9.73. The van der Waals surface area contributed by atoms with Gasteiger partial charge in [0, 0.05) is 31.9 Å². The highest BCUT2D eigenvalue weighted by Gasteiger charge is 2.23. The number of carbonyl (C=O) groups excluding carboxylic acids is 1. The van der Waals surface area contributed by atoms with E-state index >= 15 is 0 Å². The van der Waals surface area contributed by atoms with Crippen LogP contribution in [0, 0.1) is 6.92 Å². The summed E-state index contributed by atoms with van der Waals surface area (Å²) < 4.78 is 0. The van der Waals surface area contributed by atoms with Gasteiger partial charge in [0.25, 0.3) is 5.56 Å². The van der Waals surface area contributed by atoms with Crippen molar-refractivity contribution in [3.63, 3.8) is 0 Å². The average Bonchev–Trinajstić information content (AvgIpc) is 2.68. The molecule has 3 heterocycles. The summed E-state index contributed by atoms with van der Waals surface area (Å²) in [6.07, 6.45) is 3.55. The van der Waals surface area contributed by atoms with E-state index in [2.05, 4.69) is 34.3 Å². The fourth-order valence-corrected chi connectivity index (χ4v) is 4.33. The largest absolute Gasteiger partial charge is 0.343 e. The Labute approximate surface area is 173 Å². The van der Waals surface area contributed by atoms with Gasteiger partial charge in [-0.25, -0.2) is 4.98 Å². The van der Waals surface area contributed by atoms with Crippen LogP contribution in [0.25, 0.3) is 10.8 Å². The minimum atomic E-state index is -0.209. The van der Waals surface area contributed by atoms with Crippen LogP contribution in [-0.4, -0.2) is 33.9 Å². The van der Waals surface area contributed by atoms with E-state index in [1.807, 2.05) is 11.0 Å². The molecule has 2 aromatic heterocycles. The zero-order chi connectivity index (χ0) is 20.5. The Balaban J connectivity index is 1.59. The van der Waals surface area contributed by atoms with Gasteiger partial charge in [0.05, 0.1) is 5.39 Å².